The lowest BCUT2D eigenvalue weighted by molar-refractivity contribution is 0.00917. The van der Waals surface area contributed by atoms with Gasteiger partial charge >= 0.3 is 0 Å². The summed E-state index contributed by atoms with van der Waals surface area (Å²) in [6, 6.07) is 4.24. The fourth-order valence-electron chi connectivity index (χ4n) is 3.93. The molecule has 0 radical (unpaired) electrons. The second-order valence-electron chi connectivity index (χ2n) is 7.75. The van der Waals surface area contributed by atoms with Crippen LogP contribution < -0.4 is 0 Å². The van der Waals surface area contributed by atoms with Gasteiger partial charge in [0.1, 0.15) is 0 Å². The van der Waals surface area contributed by atoms with Crippen molar-refractivity contribution in [2.24, 2.45) is 11.3 Å². The topological polar surface area (TPSA) is 34.6 Å². The Labute approximate surface area is 139 Å². The molecule has 3 aliphatic rings. The van der Waals surface area contributed by atoms with Gasteiger partial charge in [-0.3, -0.25) is 9.88 Å². The minimum atomic E-state index is 0.334. The molecule has 4 nitrogen and oxygen atoms in total. The zero-order valence-electron chi connectivity index (χ0n) is 14.0. The summed E-state index contributed by atoms with van der Waals surface area (Å²) in [4.78, 5) is 6.66. The molecule has 4 rings (SSSR count). The zero-order chi connectivity index (χ0) is 15.5. The minimum Gasteiger partial charge on any atom is -0.378 e. The molecule has 126 valence electrons. The van der Waals surface area contributed by atoms with Crippen molar-refractivity contribution in [3.63, 3.8) is 0 Å². The molecular formula is C19H28N2O2. The summed E-state index contributed by atoms with van der Waals surface area (Å²) in [6.07, 6.45) is 10.6. The Kier molecular flexibility index (Phi) is 4.65. The molecule has 0 bridgehead atoms. The average molecular weight is 316 g/mol. The van der Waals surface area contributed by atoms with E-state index in [0.29, 0.717) is 11.5 Å². The van der Waals surface area contributed by atoms with Gasteiger partial charge in [-0.25, -0.2) is 0 Å². The Hall–Kier alpha value is -0.970. The van der Waals surface area contributed by atoms with Crippen LogP contribution in [0.25, 0.3) is 0 Å². The molecule has 1 atom stereocenters. The highest BCUT2D eigenvalue weighted by molar-refractivity contribution is 5.09. The van der Waals surface area contributed by atoms with Crippen LogP contribution in [0, 0.1) is 11.3 Å². The number of ether oxygens (including phenoxy) is 2. The van der Waals surface area contributed by atoms with Crippen molar-refractivity contribution >= 4 is 0 Å². The van der Waals surface area contributed by atoms with E-state index in [1.165, 1.54) is 50.8 Å². The highest BCUT2D eigenvalue weighted by Crippen LogP contribution is 2.42. The highest BCUT2D eigenvalue weighted by Gasteiger charge is 2.42. The molecule has 2 saturated heterocycles. The summed E-state index contributed by atoms with van der Waals surface area (Å²) < 4.78 is 11.9. The third kappa shape index (κ3) is 4.11. The molecule has 1 aromatic rings. The average Bonchev–Trinajstić information content (AvgIpc) is 3.32. The third-order valence-corrected chi connectivity index (χ3v) is 5.71. The molecule has 4 heteroatoms. The quantitative estimate of drug-likeness (QED) is 0.808. The van der Waals surface area contributed by atoms with Crippen LogP contribution in [0.5, 0.6) is 0 Å². The molecule has 1 aromatic heterocycles. The van der Waals surface area contributed by atoms with Gasteiger partial charge in [0.2, 0.25) is 0 Å². The first-order valence-electron chi connectivity index (χ1n) is 9.12. The fraction of sp³-hybridized carbons (Fsp3) is 0.737. The van der Waals surface area contributed by atoms with E-state index in [1.807, 2.05) is 12.4 Å². The molecule has 0 aromatic carbocycles. The monoisotopic (exact) mass is 316 g/mol. The minimum absolute atomic E-state index is 0.334. The van der Waals surface area contributed by atoms with E-state index in [-0.39, 0.29) is 0 Å². The summed E-state index contributed by atoms with van der Waals surface area (Å²) in [5.41, 5.74) is 1.78. The van der Waals surface area contributed by atoms with Crippen molar-refractivity contribution in [2.75, 3.05) is 32.9 Å². The molecule has 2 aliphatic heterocycles. The summed E-state index contributed by atoms with van der Waals surface area (Å²) in [5, 5.41) is 0. The maximum absolute atomic E-state index is 6.05. The number of aromatic nitrogens is 1. The number of hydrogen-bond donors (Lipinski definition) is 0. The second-order valence-corrected chi connectivity index (χ2v) is 7.75. The Balaban J connectivity index is 1.21. The van der Waals surface area contributed by atoms with Gasteiger partial charge < -0.3 is 9.47 Å². The maximum atomic E-state index is 6.05. The third-order valence-electron chi connectivity index (χ3n) is 5.71. The molecule has 23 heavy (non-hydrogen) atoms. The Morgan fingerprint density at radius 1 is 1.17 bits per heavy atom. The molecule has 0 amide bonds. The fourth-order valence-corrected chi connectivity index (χ4v) is 3.93. The normalized spacial score (nSPS) is 27.6. The predicted octanol–water partition coefficient (Wildman–Crippen LogP) is 2.88. The Morgan fingerprint density at radius 2 is 1.96 bits per heavy atom. The Morgan fingerprint density at radius 3 is 2.70 bits per heavy atom. The smallest absolute Gasteiger partial charge is 0.0814 e. The van der Waals surface area contributed by atoms with Crippen molar-refractivity contribution in [3.8, 4) is 0 Å². The molecule has 1 saturated carbocycles. The van der Waals surface area contributed by atoms with E-state index in [0.717, 1.165) is 32.3 Å². The van der Waals surface area contributed by atoms with E-state index in [2.05, 4.69) is 22.0 Å². The van der Waals surface area contributed by atoms with Crippen LogP contribution in [0.2, 0.25) is 0 Å². The van der Waals surface area contributed by atoms with Crippen LogP contribution in [0.3, 0.4) is 0 Å². The van der Waals surface area contributed by atoms with Crippen LogP contribution in [-0.2, 0) is 16.0 Å². The van der Waals surface area contributed by atoms with E-state index in [1.54, 1.807) is 0 Å². The number of rotatable bonds is 6. The molecule has 1 aliphatic carbocycles. The highest BCUT2D eigenvalue weighted by atomic mass is 16.5. The standard InChI is InChI=1S/C19H28N2O2/c1-2-17(1)13-22-14-18-11-19(15-23-18)5-9-21(10-6-19)12-16-3-7-20-8-4-16/h3-4,7-8,17-18H,1-2,5-6,9-15H2. The van der Waals surface area contributed by atoms with Crippen LogP contribution in [0.1, 0.15) is 37.7 Å². The van der Waals surface area contributed by atoms with Crippen molar-refractivity contribution in [2.45, 2.75) is 44.8 Å². The van der Waals surface area contributed by atoms with Gasteiger partial charge in [-0.05, 0) is 74.2 Å². The molecule has 1 spiro atoms. The predicted molar refractivity (Wildman–Crippen MR) is 89.1 cm³/mol. The first kappa shape index (κ1) is 15.6. The number of likely N-dealkylation sites (tertiary alicyclic amines) is 1. The van der Waals surface area contributed by atoms with E-state index >= 15 is 0 Å². The summed E-state index contributed by atoms with van der Waals surface area (Å²) >= 11 is 0. The molecule has 3 heterocycles. The summed E-state index contributed by atoms with van der Waals surface area (Å²) in [6.45, 7) is 6.11. The van der Waals surface area contributed by atoms with Crippen LogP contribution in [0.4, 0.5) is 0 Å². The van der Waals surface area contributed by atoms with Crippen LogP contribution in [0.15, 0.2) is 24.5 Å². The van der Waals surface area contributed by atoms with Crippen LogP contribution in [-0.4, -0.2) is 48.9 Å². The first-order valence-corrected chi connectivity index (χ1v) is 9.12. The van der Waals surface area contributed by atoms with Gasteiger partial charge in [-0.1, -0.05) is 0 Å². The maximum Gasteiger partial charge on any atom is 0.0814 e. The lowest BCUT2D eigenvalue weighted by atomic mass is 9.76. The van der Waals surface area contributed by atoms with Gasteiger partial charge in [-0.15, -0.1) is 0 Å². The lowest BCUT2D eigenvalue weighted by Gasteiger charge is -2.38. The van der Waals surface area contributed by atoms with Crippen molar-refractivity contribution in [1.29, 1.82) is 0 Å². The lowest BCUT2D eigenvalue weighted by Crippen LogP contribution is -2.40. The van der Waals surface area contributed by atoms with Crippen molar-refractivity contribution < 1.29 is 9.47 Å². The SMILES string of the molecule is c1cc(CN2CCC3(CC2)COC(COCC2CC2)C3)ccn1. The van der Waals surface area contributed by atoms with Gasteiger partial charge in [0.25, 0.3) is 0 Å². The van der Waals surface area contributed by atoms with Crippen LogP contribution >= 0.6 is 0 Å². The summed E-state index contributed by atoms with van der Waals surface area (Å²) in [5.74, 6) is 0.849. The Bertz CT molecular complexity index is 495. The number of hydrogen-bond acceptors (Lipinski definition) is 4. The second kappa shape index (κ2) is 6.88. The number of nitrogens with zero attached hydrogens (tertiary/aromatic N) is 2. The number of pyridine rings is 1. The largest absolute Gasteiger partial charge is 0.378 e. The van der Waals surface area contributed by atoms with E-state index in [9.17, 15) is 0 Å². The molecular weight excluding hydrogens is 288 g/mol. The zero-order valence-corrected chi connectivity index (χ0v) is 14.0. The molecule has 1 unspecified atom stereocenters. The molecule has 3 fully saturated rings. The van der Waals surface area contributed by atoms with E-state index < -0.39 is 0 Å². The van der Waals surface area contributed by atoms with Crippen molar-refractivity contribution in [3.05, 3.63) is 30.1 Å². The van der Waals surface area contributed by atoms with Gasteiger partial charge in [0.05, 0.1) is 19.3 Å². The van der Waals surface area contributed by atoms with Gasteiger partial charge in [0, 0.05) is 25.5 Å². The molecule has 0 N–H and O–H groups in total. The first-order chi connectivity index (χ1) is 11.3. The number of piperidine rings is 1. The van der Waals surface area contributed by atoms with Crippen molar-refractivity contribution in [1.82, 2.24) is 9.88 Å². The summed E-state index contributed by atoms with van der Waals surface area (Å²) in [7, 11) is 0. The van der Waals surface area contributed by atoms with E-state index in [4.69, 9.17) is 9.47 Å². The van der Waals surface area contributed by atoms with Gasteiger partial charge in [0.15, 0.2) is 0 Å². The van der Waals surface area contributed by atoms with Gasteiger partial charge in [-0.2, -0.15) is 0 Å².